The Balaban J connectivity index is 1.30. The van der Waals surface area contributed by atoms with E-state index in [9.17, 15) is 4.79 Å². The van der Waals surface area contributed by atoms with Gasteiger partial charge in [-0.2, -0.15) is 9.61 Å². The number of hydrogen-bond donors (Lipinski definition) is 1. The zero-order valence-electron chi connectivity index (χ0n) is 15.0. The van der Waals surface area contributed by atoms with E-state index in [1.54, 1.807) is 10.9 Å². The van der Waals surface area contributed by atoms with Crippen LogP contribution >= 0.6 is 0 Å². The Labute approximate surface area is 156 Å². The molecule has 0 radical (unpaired) electrons. The smallest absolute Gasteiger partial charge is 0.220 e. The van der Waals surface area contributed by atoms with Gasteiger partial charge in [0.2, 0.25) is 5.91 Å². The van der Waals surface area contributed by atoms with Gasteiger partial charge in [-0.05, 0) is 50.0 Å². The van der Waals surface area contributed by atoms with Crippen LogP contribution in [-0.4, -0.2) is 66.6 Å². The number of amides is 1. The van der Waals surface area contributed by atoms with Gasteiger partial charge >= 0.3 is 0 Å². The zero-order chi connectivity index (χ0) is 18.2. The maximum absolute atomic E-state index is 11.4. The van der Waals surface area contributed by atoms with Crippen LogP contribution in [0, 0.1) is 5.92 Å². The fourth-order valence-corrected chi connectivity index (χ4v) is 4.11. The Kier molecular flexibility index (Phi) is 4.08. The van der Waals surface area contributed by atoms with E-state index in [1.165, 1.54) is 0 Å². The minimum absolute atomic E-state index is 0.184. The van der Waals surface area contributed by atoms with Gasteiger partial charge in [-0.1, -0.05) is 0 Å². The molecule has 2 saturated heterocycles. The summed E-state index contributed by atoms with van der Waals surface area (Å²) in [5, 5.41) is 20.6. The number of carbonyl (C=O) groups excluding carboxylic acids is 1. The number of likely N-dealkylation sites (tertiary alicyclic amines) is 1. The predicted octanol–water partition coefficient (Wildman–Crippen LogP) is 0.625. The molecule has 1 atom stereocenters. The highest BCUT2D eigenvalue weighted by molar-refractivity contribution is 5.78. The first-order chi connectivity index (χ1) is 13.3. The highest BCUT2D eigenvalue weighted by Crippen LogP contribution is 2.27. The average Bonchev–Trinajstić information content (AvgIpc) is 3.43. The second-order valence-corrected chi connectivity index (χ2v) is 7.42. The molecule has 0 aromatic carbocycles. The zero-order valence-corrected chi connectivity index (χ0v) is 15.0. The van der Waals surface area contributed by atoms with Crippen LogP contribution in [0.4, 0.5) is 0 Å². The first-order valence-electron chi connectivity index (χ1n) is 9.48. The Morgan fingerprint density at radius 3 is 2.81 bits per heavy atom. The number of nitrogens with one attached hydrogen (secondary N) is 1. The Morgan fingerprint density at radius 2 is 2.07 bits per heavy atom. The fraction of sp³-hybridized carbons (Fsp3) is 0.500. The average molecular weight is 366 g/mol. The van der Waals surface area contributed by atoms with Gasteiger partial charge in [-0.3, -0.25) is 4.79 Å². The first-order valence-corrected chi connectivity index (χ1v) is 9.48. The molecule has 0 bridgehead atoms. The SMILES string of the molecule is O=C1CC(CN2CCC(c3nnc4ccc(-n5cccn5)nn34)CC2)CN1. The summed E-state index contributed by atoms with van der Waals surface area (Å²) in [7, 11) is 0. The van der Waals surface area contributed by atoms with Gasteiger partial charge in [-0.25, -0.2) is 4.68 Å². The summed E-state index contributed by atoms with van der Waals surface area (Å²) in [4.78, 5) is 13.8. The number of hydrogen-bond acceptors (Lipinski definition) is 6. The van der Waals surface area contributed by atoms with Gasteiger partial charge < -0.3 is 10.2 Å². The molecule has 1 amide bonds. The molecule has 0 spiro atoms. The minimum atomic E-state index is 0.184. The monoisotopic (exact) mass is 366 g/mol. The van der Waals surface area contributed by atoms with E-state index in [2.05, 4.69) is 25.5 Å². The van der Waals surface area contributed by atoms with E-state index in [0.717, 1.165) is 56.3 Å². The summed E-state index contributed by atoms with van der Waals surface area (Å²) in [6.07, 6.45) is 6.33. The number of aromatic nitrogens is 6. The van der Waals surface area contributed by atoms with Gasteiger partial charge in [0.05, 0.1) is 0 Å². The van der Waals surface area contributed by atoms with E-state index in [-0.39, 0.29) is 5.91 Å². The van der Waals surface area contributed by atoms with Crippen molar-refractivity contribution >= 4 is 11.6 Å². The summed E-state index contributed by atoms with van der Waals surface area (Å²) in [5.41, 5.74) is 0.763. The Morgan fingerprint density at radius 1 is 1.19 bits per heavy atom. The molecule has 1 unspecified atom stereocenters. The quantitative estimate of drug-likeness (QED) is 0.728. The molecule has 2 fully saturated rings. The maximum Gasteiger partial charge on any atom is 0.220 e. The molecule has 9 heteroatoms. The number of rotatable bonds is 4. The molecule has 2 aliphatic rings. The van der Waals surface area contributed by atoms with Gasteiger partial charge in [0.1, 0.15) is 0 Å². The van der Waals surface area contributed by atoms with Crippen LogP contribution < -0.4 is 5.32 Å². The Bertz CT molecular complexity index is 942. The standard InChI is InChI=1S/C18H22N8O/c27-17-10-13(11-19-17)12-24-8-4-14(5-9-24)18-22-21-15-2-3-16(23-26(15)18)25-7-1-6-20-25/h1-3,6-7,13-14H,4-5,8-12H2,(H,19,27). The van der Waals surface area contributed by atoms with Gasteiger partial charge in [-0.15, -0.1) is 15.3 Å². The third-order valence-electron chi connectivity index (χ3n) is 5.54. The number of fused-ring (bicyclic) bond motifs is 1. The molecule has 5 heterocycles. The summed E-state index contributed by atoms with van der Waals surface area (Å²) in [6, 6.07) is 5.71. The largest absolute Gasteiger partial charge is 0.356 e. The molecular weight excluding hydrogens is 344 g/mol. The molecule has 140 valence electrons. The molecule has 3 aromatic heterocycles. The highest BCUT2D eigenvalue weighted by Gasteiger charge is 2.28. The summed E-state index contributed by atoms with van der Waals surface area (Å²) < 4.78 is 3.60. The minimum Gasteiger partial charge on any atom is -0.356 e. The van der Waals surface area contributed by atoms with Crippen LogP contribution in [0.5, 0.6) is 0 Å². The molecule has 3 aromatic rings. The first kappa shape index (κ1) is 16.4. The number of carbonyl (C=O) groups is 1. The van der Waals surface area contributed by atoms with E-state index in [4.69, 9.17) is 5.10 Å². The lowest BCUT2D eigenvalue weighted by Gasteiger charge is -2.32. The third-order valence-corrected chi connectivity index (χ3v) is 5.54. The number of piperidine rings is 1. The molecule has 2 aliphatic heterocycles. The second-order valence-electron chi connectivity index (χ2n) is 7.42. The van der Waals surface area contributed by atoms with E-state index < -0.39 is 0 Å². The Hall–Kier alpha value is -2.81. The van der Waals surface area contributed by atoms with Crippen molar-refractivity contribution < 1.29 is 4.79 Å². The van der Waals surface area contributed by atoms with Crippen LogP contribution in [0.25, 0.3) is 11.5 Å². The third kappa shape index (κ3) is 3.18. The lowest BCUT2D eigenvalue weighted by Crippen LogP contribution is -2.37. The van der Waals surface area contributed by atoms with Crippen molar-refractivity contribution in [2.24, 2.45) is 5.92 Å². The van der Waals surface area contributed by atoms with Crippen molar-refractivity contribution in [1.82, 2.24) is 39.8 Å². The molecule has 0 aliphatic carbocycles. The van der Waals surface area contributed by atoms with Crippen molar-refractivity contribution in [3.8, 4) is 5.82 Å². The van der Waals surface area contributed by atoms with Crippen LogP contribution in [0.1, 0.15) is 31.0 Å². The molecule has 1 N–H and O–H groups in total. The maximum atomic E-state index is 11.4. The van der Waals surface area contributed by atoms with Crippen LogP contribution in [0.15, 0.2) is 30.6 Å². The van der Waals surface area contributed by atoms with Gasteiger partial charge in [0, 0.05) is 37.8 Å². The highest BCUT2D eigenvalue weighted by atomic mass is 16.1. The van der Waals surface area contributed by atoms with Crippen LogP contribution in [-0.2, 0) is 4.79 Å². The van der Waals surface area contributed by atoms with Crippen molar-refractivity contribution in [1.29, 1.82) is 0 Å². The normalized spacial score (nSPS) is 21.8. The lowest BCUT2D eigenvalue weighted by molar-refractivity contribution is -0.119. The lowest BCUT2D eigenvalue weighted by atomic mass is 9.95. The van der Waals surface area contributed by atoms with Crippen LogP contribution in [0.3, 0.4) is 0 Å². The van der Waals surface area contributed by atoms with E-state index in [1.807, 2.05) is 28.9 Å². The van der Waals surface area contributed by atoms with Crippen molar-refractivity contribution in [3.63, 3.8) is 0 Å². The topological polar surface area (TPSA) is 93.2 Å². The van der Waals surface area contributed by atoms with Crippen LogP contribution in [0.2, 0.25) is 0 Å². The van der Waals surface area contributed by atoms with Crippen molar-refractivity contribution in [2.75, 3.05) is 26.2 Å². The van der Waals surface area contributed by atoms with Crippen molar-refractivity contribution in [2.45, 2.75) is 25.2 Å². The van der Waals surface area contributed by atoms with Gasteiger partial charge in [0.15, 0.2) is 17.3 Å². The predicted molar refractivity (Wildman–Crippen MR) is 97.4 cm³/mol. The number of nitrogens with zero attached hydrogens (tertiary/aromatic N) is 7. The summed E-state index contributed by atoms with van der Waals surface area (Å²) in [5.74, 6) is 2.66. The second kappa shape index (κ2) is 6.73. The summed E-state index contributed by atoms with van der Waals surface area (Å²) in [6.45, 7) is 3.84. The van der Waals surface area contributed by atoms with E-state index in [0.29, 0.717) is 18.3 Å². The fourth-order valence-electron chi connectivity index (χ4n) is 4.11. The molecule has 5 rings (SSSR count). The molecule has 9 nitrogen and oxygen atoms in total. The van der Waals surface area contributed by atoms with Crippen molar-refractivity contribution in [3.05, 3.63) is 36.4 Å². The summed E-state index contributed by atoms with van der Waals surface area (Å²) >= 11 is 0. The van der Waals surface area contributed by atoms with Gasteiger partial charge in [0.25, 0.3) is 0 Å². The molecule has 27 heavy (non-hydrogen) atoms. The molecule has 0 saturated carbocycles. The van der Waals surface area contributed by atoms with E-state index >= 15 is 0 Å². The molecular formula is C18H22N8O.